The number of hydrogen-bond acceptors (Lipinski definition) is 3. The Morgan fingerprint density at radius 1 is 1.31 bits per heavy atom. The molecule has 0 atom stereocenters. The fourth-order valence-corrected chi connectivity index (χ4v) is 1.54. The summed E-state index contributed by atoms with van der Waals surface area (Å²) < 4.78 is 30.3. The molecule has 1 rings (SSSR count). The largest absolute Gasteiger partial charge is 0.381 e. The quantitative estimate of drug-likeness (QED) is 0.579. The van der Waals surface area contributed by atoms with Crippen LogP contribution in [-0.2, 0) is 10.8 Å². The first-order valence-electron chi connectivity index (χ1n) is 4.88. The lowest BCUT2D eigenvalue weighted by Gasteiger charge is -2.19. The fraction of sp³-hybridized carbons (Fsp3) is 0.400. The monoisotopic (exact) mass is 248 g/mol. The zero-order valence-corrected chi connectivity index (χ0v) is 10.9. The molecule has 0 heterocycles. The molecule has 6 heteroatoms. The number of hydrogen-bond donors (Lipinski definition) is 2. The van der Waals surface area contributed by atoms with Gasteiger partial charge in [-0.3, -0.25) is 0 Å². The third-order valence-corrected chi connectivity index (χ3v) is 2.94. The summed E-state index contributed by atoms with van der Waals surface area (Å²) in [6, 6.07) is 3.33. The number of halogens is 2. The maximum Gasteiger partial charge on any atom is 0.267 e. The van der Waals surface area contributed by atoms with E-state index in [9.17, 15) is 8.78 Å². The highest BCUT2D eigenvalue weighted by atomic mass is 28.2. The van der Waals surface area contributed by atoms with Crippen LogP contribution < -0.4 is 0 Å². The second-order valence-electron chi connectivity index (χ2n) is 3.54. The molecule has 2 N–H and O–H groups in total. The minimum atomic E-state index is -2.12. The molecule has 0 aliphatic carbocycles. The van der Waals surface area contributed by atoms with Gasteiger partial charge in [-0.15, -0.1) is 0 Å². The van der Waals surface area contributed by atoms with Crippen LogP contribution in [-0.4, -0.2) is 26.7 Å². The van der Waals surface area contributed by atoms with Gasteiger partial charge in [0, 0.05) is 12.5 Å². The van der Waals surface area contributed by atoms with Gasteiger partial charge < -0.3 is 14.6 Å². The third kappa shape index (κ3) is 3.97. The highest BCUT2D eigenvalue weighted by Crippen LogP contribution is 2.15. The van der Waals surface area contributed by atoms with Crippen molar-refractivity contribution in [3.05, 3.63) is 35.4 Å². The minimum Gasteiger partial charge on any atom is -0.381 e. The van der Waals surface area contributed by atoms with Crippen LogP contribution in [0, 0.1) is 11.6 Å². The summed E-state index contributed by atoms with van der Waals surface area (Å²) in [4.78, 5) is 0. The Morgan fingerprint density at radius 3 is 2.56 bits per heavy atom. The Labute approximate surface area is 95.2 Å². The molecule has 0 aliphatic heterocycles. The average Bonchev–Trinajstić information content (AvgIpc) is 2.21. The molecule has 1 aromatic carbocycles. The molecule has 1 aromatic rings. The summed E-state index contributed by atoms with van der Waals surface area (Å²) in [5.74, 6) is -3.36. The molecule has 0 aliphatic rings. The summed E-state index contributed by atoms with van der Waals surface area (Å²) in [5.41, 5.74) is 0.352. The number of benzene rings is 1. The van der Waals surface area contributed by atoms with Gasteiger partial charge in [0.15, 0.2) is 10.5 Å². The van der Waals surface area contributed by atoms with Gasteiger partial charge in [-0.05, 0) is 24.5 Å². The normalized spacial score (nSPS) is 12.0. The molecule has 0 radical (unpaired) electrons. The van der Waals surface area contributed by atoms with Gasteiger partial charge in [0.25, 0.3) is 5.97 Å². The molecule has 0 bridgehead atoms. The van der Waals surface area contributed by atoms with Crippen LogP contribution in [0.4, 0.5) is 8.78 Å². The molecule has 0 spiro atoms. The maximum atomic E-state index is 13.2. The van der Waals surface area contributed by atoms with Crippen molar-refractivity contribution in [3.63, 3.8) is 0 Å². The van der Waals surface area contributed by atoms with Crippen molar-refractivity contribution in [2.45, 2.75) is 25.2 Å². The zero-order valence-electron chi connectivity index (χ0n) is 8.91. The van der Waals surface area contributed by atoms with E-state index in [1.807, 2.05) is 0 Å². The van der Waals surface area contributed by atoms with E-state index < -0.39 is 17.6 Å². The highest BCUT2D eigenvalue weighted by Gasteiger charge is 2.20. The Hall–Kier alpha value is -0.823. The van der Waals surface area contributed by atoms with Gasteiger partial charge >= 0.3 is 0 Å². The standard InChI is InChI=1S/C10H14F2O3Si/c11-8-4-3-7(9(12)6-8)2-1-5-10(13,14)15-16/h3-4,6,13-14H,1-2,5H2,16H3. The van der Waals surface area contributed by atoms with Gasteiger partial charge in [0.1, 0.15) is 11.6 Å². The lowest BCUT2D eigenvalue weighted by Crippen LogP contribution is -2.30. The van der Waals surface area contributed by atoms with Crippen molar-refractivity contribution in [1.29, 1.82) is 0 Å². The van der Waals surface area contributed by atoms with E-state index in [4.69, 9.17) is 10.2 Å². The molecular weight excluding hydrogens is 234 g/mol. The topological polar surface area (TPSA) is 49.7 Å². The molecule has 90 valence electrons. The maximum absolute atomic E-state index is 13.2. The molecular formula is C10H14F2O3Si. The summed E-state index contributed by atoms with van der Waals surface area (Å²) in [7, 11) is 0.208. The van der Waals surface area contributed by atoms with Crippen LogP contribution in [0.3, 0.4) is 0 Å². The van der Waals surface area contributed by atoms with E-state index in [-0.39, 0.29) is 16.9 Å². The van der Waals surface area contributed by atoms with Crippen LogP contribution in [0.25, 0.3) is 0 Å². The van der Waals surface area contributed by atoms with Crippen molar-refractivity contribution in [2.75, 3.05) is 0 Å². The summed E-state index contributed by atoms with van der Waals surface area (Å²) in [6.45, 7) is 0. The summed E-state index contributed by atoms with van der Waals surface area (Å²) in [5, 5.41) is 18.3. The van der Waals surface area contributed by atoms with Crippen molar-refractivity contribution in [3.8, 4) is 0 Å². The van der Waals surface area contributed by atoms with Crippen molar-refractivity contribution in [2.24, 2.45) is 0 Å². The Morgan fingerprint density at radius 2 is 2.00 bits per heavy atom. The van der Waals surface area contributed by atoms with Gasteiger partial charge in [0.05, 0.1) is 0 Å². The lowest BCUT2D eigenvalue weighted by molar-refractivity contribution is -0.295. The van der Waals surface area contributed by atoms with Gasteiger partial charge in [-0.2, -0.15) is 0 Å². The second kappa shape index (κ2) is 5.49. The predicted octanol–water partition coefficient (Wildman–Crippen LogP) is 0.223. The smallest absolute Gasteiger partial charge is 0.267 e. The van der Waals surface area contributed by atoms with Crippen molar-refractivity contribution >= 4 is 10.5 Å². The molecule has 0 saturated carbocycles. The molecule has 16 heavy (non-hydrogen) atoms. The molecule has 3 nitrogen and oxygen atoms in total. The number of rotatable bonds is 5. The SMILES string of the molecule is OC(O)(CCCc1ccc(F)cc1F)O[SiH3]. The Bertz CT molecular complexity index is 358. The zero-order chi connectivity index (χ0) is 12.2. The number of aryl methyl sites for hydroxylation is 1. The van der Waals surface area contributed by atoms with Crippen LogP contribution in [0.15, 0.2) is 18.2 Å². The summed E-state index contributed by atoms with van der Waals surface area (Å²) >= 11 is 0. The second-order valence-corrected chi connectivity index (χ2v) is 3.94. The van der Waals surface area contributed by atoms with Crippen LogP contribution >= 0.6 is 0 Å². The van der Waals surface area contributed by atoms with E-state index in [1.165, 1.54) is 12.1 Å². The minimum absolute atomic E-state index is 0.00663. The first-order valence-corrected chi connectivity index (χ1v) is 5.70. The third-order valence-electron chi connectivity index (χ3n) is 2.29. The molecule has 0 amide bonds. The first-order chi connectivity index (χ1) is 7.44. The molecule has 0 unspecified atom stereocenters. The van der Waals surface area contributed by atoms with Crippen molar-refractivity contribution < 1.29 is 23.4 Å². The van der Waals surface area contributed by atoms with E-state index in [1.54, 1.807) is 0 Å². The van der Waals surface area contributed by atoms with Gasteiger partial charge in [-0.1, -0.05) is 6.07 Å². The fourth-order valence-electron chi connectivity index (χ4n) is 1.34. The van der Waals surface area contributed by atoms with Crippen molar-refractivity contribution in [1.82, 2.24) is 0 Å². The number of aliphatic hydroxyl groups is 2. The van der Waals surface area contributed by atoms with E-state index >= 15 is 0 Å². The van der Waals surface area contributed by atoms with Crippen LogP contribution in [0.1, 0.15) is 18.4 Å². The summed E-state index contributed by atoms with van der Waals surface area (Å²) in [6.07, 6.45) is 0.644. The Balaban J connectivity index is 2.49. The first kappa shape index (κ1) is 13.2. The van der Waals surface area contributed by atoms with Crippen LogP contribution in [0.2, 0.25) is 0 Å². The van der Waals surface area contributed by atoms with E-state index in [0.717, 1.165) is 6.07 Å². The molecule has 0 saturated heterocycles. The highest BCUT2D eigenvalue weighted by molar-refractivity contribution is 5.98. The van der Waals surface area contributed by atoms with E-state index in [0.29, 0.717) is 18.4 Å². The lowest BCUT2D eigenvalue weighted by atomic mass is 10.1. The van der Waals surface area contributed by atoms with Crippen LogP contribution in [0.5, 0.6) is 0 Å². The predicted molar refractivity (Wildman–Crippen MR) is 57.5 cm³/mol. The molecule has 0 fully saturated rings. The van der Waals surface area contributed by atoms with E-state index in [2.05, 4.69) is 4.43 Å². The average molecular weight is 248 g/mol. The Kier molecular flexibility index (Phi) is 4.54. The molecule has 0 aromatic heterocycles. The van der Waals surface area contributed by atoms with Gasteiger partial charge in [0.2, 0.25) is 0 Å². The van der Waals surface area contributed by atoms with Gasteiger partial charge in [-0.25, -0.2) is 8.78 Å².